The monoisotopic (exact) mass is 312 g/mol. The molecule has 3 rings (SSSR count). The Labute approximate surface area is 135 Å². The fraction of sp³-hybridized carbons (Fsp3) is 0.444. The lowest BCUT2D eigenvalue weighted by Gasteiger charge is -2.17. The number of aromatic nitrogens is 1. The van der Waals surface area contributed by atoms with E-state index in [1.54, 1.807) is 0 Å². The number of rotatable bonds is 4. The molecule has 0 radical (unpaired) electrons. The van der Waals surface area contributed by atoms with E-state index in [1.807, 2.05) is 11.3 Å². The molecule has 0 spiro atoms. The normalized spacial score (nSPS) is 13.6. The highest BCUT2D eigenvalue weighted by molar-refractivity contribution is 7.15. The van der Waals surface area contributed by atoms with Gasteiger partial charge in [0.2, 0.25) is 0 Å². The highest BCUT2D eigenvalue weighted by Crippen LogP contribution is 2.38. The van der Waals surface area contributed by atoms with Crippen molar-refractivity contribution in [3.05, 3.63) is 33.8 Å². The molecule has 2 aromatic heterocycles. The maximum atomic E-state index is 9.57. The van der Waals surface area contributed by atoms with Crippen molar-refractivity contribution in [3.63, 3.8) is 0 Å². The summed E-state index contributed by atoms with van der Waals surface area (Å²) in [5, 5.41) is 9.57. The van der Waals surface area contributed by atoms with Gasteiger partial charge in [-0.15, -0.1) is 11.3 Å². The van der Waals surface area contributed by atoms with Crippen molar-refractivity contribution in [2.24, 2.45) is 0 Å². The van der Waals surface area contributed by atoms with Crippen molar-refractivity contribution in [1.29, 1.82) is 5.26 Å². The van der Waals surface area contributed by atoms with Gasteiger partial charge in [0.15, 0.2) is 0 Å². The lowest BCUT2D eigenvalue weighted by molar-refractivity contribution is -0.374. The number of nitrogens with one attached hydrogen (secondary N) is 1. The average Bonchev–Trinajstić information content (AvgIpc) is 3.00. The fourth-order valence-corrected chi connectivity index (χ4v) is 4.34. The van der Waals surface area contributed by atoms with E-state index in [1.165, 1.54) is 46.7 Å². The molecule has 3 N–H and O–H groups in total. The molecule has 0 atom stereocenters. The van der Waals surface area contributed by atoms with E-state index in [4.69, 9.17) is 5.73 Å². The summed E-state index contributed by atoms with van der Waals surface area (Å²) in [7, 11) is 0. The van der Waals surface area contributed by atoms with Crippen LogP contribution in [0.1, 0.15) is 54.3 Å². The summed E-state index contributed by atoms with van der Waals surface area (Å²) in [5.41, 5.74) is 10.3. The zero-order valence-corrected chi connectivity index (χ0v) is 13.9. The molecule has 2 aromatic rings. The average molecular weight is 312 g/mol. The first-order valence-corrected chi connectivity index (χ1v) is 8.92. The quantitative estimate of drug-likeness (QED) is 0.930. The van der Waals surface area contributed by atoms with E-state index in [9.17, 15) is 5.26 Å². The first kappa shape index (κ1) is 15.1. The Morgan fingerprint density at radius 2 is 2.14 bits per heavy atom. The standard InChI is InChI=1S/C18H21N3S/c1-2-3-6-12-9-10-16(22-12)17-13-7-4-5-8-15(13)21-18(20)14(17)11-19/h9-10H,2-8H2,1H3,(H2,20,21)/p+1. The second kappa shape index (κ2) is 6.50. The molecule has 3 nitrogen and oxygen atoms in total. The number of nitrogens with two attached hydrogens (primary N) is 1. The molecule has 114 valence electrons. The number of hydrogen-bond donors (Lipinski definition) is 1. The van der Waals surface area contributed by atoms with Crippen molar-refractivity contribution in [2.75, 3.05) is 5.73 Å². The molecule has 0 saturated heterocycles. The number of aryl methyl sites for hydroxylation is 2. The van der Waals surface area contributed by atoms with E-state index < -0.39 is 0 Å². The lowest BCUT2D eigenvalue weighted by atomic mass is 9.89. The Hall–Kier alpha value is -1.86. The zero-order chi connectivity index (χ0) is 15.5. The van der Waals surface area contributed by atoms with Crippen LogP contribution in [0, 0.1) is 11.3 Å². The topological polar surface area (TPSA) is 64.0 Å². The molecule has 0 bridgehead atoms. The molecule has 0 fully saturated rings. The number of aromatic amines is 1. The van der Waals surface area contributed by atoms with E-state index in [0.29, 0.717) is 11.4 Å². The number of nitriles is 1. The highest BCUT2D eigenvalue weighted by Gasteiger charge is 2.25. The maximum absolute atomic E-state index is 9.57. The molecule has 4 heteroatoms. The number of fused-ring (bicyclic) bond motifs is 1. The summed E-state index contributed by atoms with van der Waals surface area (Å²) < 4.78 is 0. The van der Waals surface area contributed by atoms with E-state index in [2.05, 4.69) is 30.1 Å². The van der Waals surface area contributed by atoms with Crippen molar-refractivity contribution < 1.29 is 4.98 Å². The third-order valence-electron chi connectivity index (χ3n) is 4.37. The van der Waals surface area contributed by atoms with Crippen LogP contribution in [0.25, 0.3) is 10.4 Å². The van der Waals surface area contributed by atoms with Crippen LogP contribution in [-0.4, -0.2) is 0 Å². The number of anilines is 1. The predicted molar refractivity (Wildman–Crippen MR) is 90.7 cm³/mol. The second-order valence-electron chi connectivity index (χ2n) is 5.93. The lowest BCUT2D eigenvalue weighted by Crippen LogP contribution is -2.24. The van der Waals surface area contributed by atoms with Crippen molar-refractivity contribution in [3.8, 4) is 16.5 Å². The minimum absolute atomic E-state index is 0.515. The van der Waals surface area contributed by atoms with E-state index >= 15 is 0 Å². The van der Waals surface area contributed by atoms with Crippen LogP contribution in [0.5, 0.6) is 0 Å². The molecule has 1 aliphatic rings. The van der Waals surface area contributed by atoms with Gasteiger partial charge in [0.1, 0.15) is 17.3 Å². The SMILES string of the molecule is CCCCc1ccc(-c2c(C#N)c(N)[nH+]c3c2CCCC3)s1. The van der Waals surface area contributed by atoms with Crippen molar-refractivity contribution in [2.45, 2.75) is 51.9 Å². The number of pyridine rings is 1. The van der Waals surface area contributed by atoms with Gasteiger partial charge in [-0.3, -0.25) is 5.73 Å². The van der Waals surface area contributed by atoms with Crippen molar-refractivity contribution >= 4 is 17.2 Å². The number of thiophene rings is 1. The maximum Gasteiger partial charge on any atom is 0.289 e. The molecule has 0 unspecified atom stereocenters. The Morgan fingerprint density at radius 3 is 2.91 bits per heavy atom. The van der Waals surface area contributed by atoms with Gasteiger partial charge in [-0.1, -0.05) is 13.3 Å². The number of unbranched alkanes of at least 4 members (excludes halogenated alkanes) is 1. The van der Waals surface area contributed by atoms with E-state index in [-0.39, 0.29) is 0 Å². The van der Waals surface area contributed by atoms with Gasteiger partial charge < -0.3 is 0 Å². The first-order valence-electron chi connectivity index (χ1n) is 8.10. The summed E-state index contributed by atoms with van der Waals surface area (Å²) in [4.78, 5) is 5.85. The molecule has 0 amide bonds. The summed E-state index contributed by atoms with van der Waals surface area (Å²) in [6.45, 7) is 2.21. The number of nitrogens with zero attached hydrogens (tertiary/aromatic N) is 1. The molecular weight excluding hydrogens is 290 g/mol. The summed E-state index contributed by atoms with van der Waals surface area (Å²) in [5.74, 6) is 0.515. The van der Waals surface area contributed by atoms with Crippen LogP contribution in [0.3, 0.4) is 0 Å². The largest absolute Gasteiger partial charge is 0.289 e. The summed E-state index contributed by atoms with van der Waals surface area (Å²) in [6, 6.07) is 6.69. The van der Waals surface area contributed by atoms with Crippen LogP contribution in [0.2, 0.25) is 0 Å². The molecule has 22 heavy (non-hydrogen) atoms. The van der Waals surface area contributed by atoms with Crippen molar-refractivity contribution in [1.82, 2.24) is 0 Å². The second-order valence-corrected chi connectivity index (χ2v) is 7.10. The van der Waals surface area contributed by atoms with Crippen LogP contribution >= 0.6 is 11.3 Å². The molecule has 0 saturated carbocycles. The molecule has 2 heterocycles. The predicted octanol–water partition coefficient (Wildman–Crippen LogP) is 3.90. The Morgan fingerprint density at radius 1 is 1.32 bits per heavy atom. The van der Waals surface area contributed by atoms with Gasteiger partial charge >= 0.3 is 0 Å². The Bertz CT molecular complexity index is 725. The van der Waals surface area contributed by atoms with Gasteiger partial charge in [-0.05, 0) is 44.2 Å². The van der Waals surface area contributed by atoms with Crippen LogP contribution in [0.4, 0.5) is 5.82 Å². The van der Waals surface area contributed by atoms with Crippen LogP contribution in [0.15, 0.2) is 12.1 Å². The number of nitrogen functional groups attached to an aromatic ring is 1. The molecule has 0 aromatic carbocycles. The molecule has 1 aliphatic carbocycles. The molecular formula is C18H22N3S+. The van der Waals surface area contributed by atoms with Gasteiger partial charge in [0.25, 0.3) is 5.82 Å². The van der Waals surface area contributed by atoms with Gasteiger partial charge in [0.05, 0.1) is 0 Å². The molecule has 0 aliphatic heterocycles. The third-order valence-corrected chi connectivity index (χ3v) is 5.53. The van der Waals surface area contributed by atoms with Gasteiger partial charge in [-0.25, -0.2) is 4.98 Å². The first-order chi connectivity index (χ1) is 10.7. The van der Waals surface area contributed by atoms with Crippen LogP contribution in [-0.2, 0) is 19.3 Å². The zero-order valence-electron chi connectivity index (χ0n) is 13.0. The summed E-state index contributed by atoms with van der Waals surface area (Å²) >= 11 is 1.82. The van der Waals surface area contributed by atoms with Gasteiger partial charge in [0, 0.05) is 27.3 Å². The smallest absolute Gasteiger partial charge is 0.286 e. The number of H-pyrrole nitrogens is 1. The van der Waals surface area contributed by atoms with Gasteiger partial charge in [-0.2, -0.15) is 5.26 Å². The minimum Gasteiger partial charge on any atom is -0.286 e. The fourth-order valence-electron chi connectivity index (χ4n) is 3.22. The highest BCUT2D eigenvalue weighted by atomic mass is 32.1. The van der Waals surface area contributed by atoms with E-state index in [0.717, 1.165) is 24.8 Å². The Balaban J connectivity index is 2.10. The minimum atomic E-state index is 0.515. The Kier molecular flexibility index (Phi) is 4.44. The third kappa shape index (κ3) is 2.74. The summed E-state index contributed by atoms with van der Waals surface area (Å²) in [6.07, 6.45) is 8.01. The number of hydrogen-bond acceptors (Lipinski definition) is 3. The van der Waals surface area contributed by atoms with Crippen LogP contribution < -0.4 is 10.7 Å².